The first-order valence-corrected chi connectivity index (χ1v) is 8.89. The van der Waals surface area contributed by atoms with Crippen LogP contribution in [0.15, 0.2) is 18.2 Å². The van der Waals surface area contributed by atoms with Crippen LogP contribution in [-0.2, 0) is 6.42 Å². The first-order valence-electron chi connectivity index (χ1n) is 8.89. The Morgan fingerprint density at radius 2 is 2.09 bits per heavy atom. The van der Waals surface area contributed by atoms with Gasteiger partial charge in [0.2, 0.25) is 0 Å². The van der Waals surface area contributed by atoms with Crippen molar-refractivity contribution in [3.63, 3.8) is 0 Å². The Balaban J connectivity index is 1.70. The number of hydrogen-bond donors (Lipinski definition) is 1. The molecule has 0 amide bonds. The first-order chi connectivity index (χ1) is 11.0. The van der Waals surface area contributed by atoms with E-state index in [4.69, 9.17) is 11.2 Å². The fourth-order valence-corrected chi connectivity index (χ4v) is 5.94. The normalized spacial score (nSPS) is 41.4. The smallest absolute Gasteiger partial charge is 0.130 e. The molecule has 23 heavy (non-hydrogen) atoms. The van der Waals surface area contributed by atoms with Gasteiger partial charge in [-0.25, -0.2) is 0 Å². The van der Waals surface area contributed by atoms with Crippen LogP contribution in [-0.4, -0.2) is 17.8 Å². The van der Waals surface area contributed by atoms with E-state index < -0.39 is 5.60 Å². The molecule has 1 aromatic rings. The molecule has 2 saturated carbocycles. The van der Waals surface area contributed by atoms with E-state index in [1.165, 1.54) is 17.5 Å². The van der Waals surface area contributed by atoms with Gasteiger partial charge in [0.05, 0.1) is 7.11 Å². The van der Waals surface area contributed by atoms with Crippen molar-refractivity contribution in [3.8, 4) is 18.1 Å². The molecule has 122 valence electrons. The molecule has 4 rings (SSSR count). The molecule has 0 bridgehead atoms. The van der Waals surface area contributed by atoms with Gasteiger partial charge in [0.25, 0.3) is 0 Å². The van der Waals surface area contributed by atoms with Crippen molar-refractivity contribution in [3.05, 3.63) is 29.3 Å². The number of fused-ring (bicyclic) bond motifs is 5. The van der Waals surface area contributed by atoms with E-state index in [0.717, 1.165) is 37.9 Å². The molecule has 2 heteroatoms. The maximum atomic E-state index is 11.0. The highest BCUT2D eigenvalue weighted by atomic mass is 16.5. The lowest BCUT2D eigenvalue weighted by Gasteiger charge is -2.52. The minimum atomic E-state index is -0.900. The van der Waals surface area contributed by atoms with Crippen molar-refractivity contribution in [2.45, 2.75) is 57.0 Å². The predicted octanol–water partition coefficient (Wildman–Crippen LogP) is 3.92. The third kappa shape index (κ3) is 1.93. The minimum Gasteiger partial charge on any atom is -0.497 e. The quantitative estimate of drug-likeness (QED) is 0.797. The summed E-state index contributed by atoms with van der Waals surface area (Å²) < 4.78 is 5.39. The Kier molecular flexibility index (Phi) is 3.29. The average molecular weight is 310 g/mol. The molecule has 0 spiro atoms. The number of aryl methyl sites for hydroxylation is 1. The molecular weight excluding hydrogens is 284 g/mol. The minimum absolute atomic E-state index is 0.104. The molecule has 5 atom stereocenters. The summed E-state index contributed by atoms with van der Waals surface area (Å²) in [7, 11) is 1.73. The van der Waals surface area contributed by atoms with Gasteiger partial charge in [-0.05, 0) is 79.5 Å². The number of aliphatic hydroxyl groups is 1. The lowest BCUT2D eigenvalue weighted by atomic mass is 9.53. The zero-order chi connectivity index (χ0) is 16.2. The Morgan fingerprint density at radius 1 is 1.26 bits per heavy atom. The second kappa shape index (κ2) is 5.02. The summed E-state index contributed by atoms with van der Waals surface area (Å²) in [5, 5.41) is 11.0. The number of ether oxygens (including phenoxy) is 1. The summed E-state index contributed by atoms with van der Waals surface area (Å²) in [6, 6.07) is 6.59. The average Bonchev–Trinajstić information content (AvgIpc) is 2.86. The zero-order valence-electron chi connectivity index (χ0n) is 14.1. The number of rotatable bonds is 1. The van der Waals surface area contributed by atoms with Crippen LogP contribution in [0.4, 0.5) is 0 Å². The maximum absolute atomic E-state index is 11.0. The Bertz CT molecular complexity index is 673. The molecule has 0 aromatic heterocycles. The number of benzene rings is 1. The number of methoxy groups -OCH3 is 1. The third-order valence-corrected chi connectivity index (χ3v) is 7.32. The van der Waals surface area contributed by atoms with E-state index in [1.807, 2.05) is 0 Å². The molecular formula is C21H26O2. The molecule has 3 unspecified atom stereocenters. The van der Waals surface area contributed by atoms with Crippen molar-refractivity contribution in [2.24, 2.45) is 17.3 Å². The van der Waals surface area contributed by atoms with Gasteiger partial charge in [0.1, 0.15) is 11.4 Å². The van der Waals surface area contributed by atoms with E-state index in [0.29, 0.717) is 17.8 Å². The van der Waals surface area contributed by atoms with Gasteiger partial charge in [0, 0.05) is 5.41 Å². The highest BCUT2D eigenvalue weighted by molar-refractivity contribution is 5.41. The van der Waals surface area contributed by atoms with Crippen LogP contribution in [0.5, 0.6) is 5.75 Å². The van der Waals surface area contributed by atoms with Crippen molar-refractivity contribution in [1.82, 2.24) is 0 Å². The number of terminal acetylenes is 1. The fraction of sp³-hybridized carbons (Fsp3) is 0.619. The van der Waals surface area contributed by atoms with Gasteiger partial charge in [-0.2, -0.15) is 0 Å². The Labute approximate surface area is 139 Å². The van der Waals surface area contributed by atoms with Crippen LogP contribution < -0.4 is 4.74 Å². The van der Waals surface area contributed by atoms with Crippen LogP contribution in [0.25, 0.3) is 0 Å². The standard InChI is InChI=1S/C21H26O2/c1-4-21(22)12-10-19-18-7-5-14-13-15(23-3)6-8-16(14)17(18)9-11-20(19,21)2/h1,6,8,13,17-19,22H,5,7,9-12H2,2-3H3/t17?,18?,19?,20-,21-/m0/s1. The molecule has 3 aliphatic carbocycles. The highest BCUT2D eigenvalue weighted by Gasteiger charge is 2.61. The van der Waals surface area contributed by atoms with E-state index >= 15 is 0 Å². The Hall–Kier alpha value is -1.46. The molecule has 2 nitrogen and oxygen atoms in total. The van der Waals surface area contributed by atoms with Crippen LogP contribution in [0, 0.1) is 29.6 Å². The zero-order valence-corrected chi connectivity index (χ0v) is 14.1. The summed E-state index contributed by atoms with van der Waals surface area (Å²) in [6.07, 6.45) is 12.1. The molecule has 0 heterocycles. The van der Waals surface area contributed by atoms with Gasteiger partial charge in [-0.3, -0.25) is 0 Å². The lowest BCUT2D eigenvalue weighted by molar-refractivity contribution is -0.0646. The first kappa shape index (κ1) is 15.1. The van der Waals surface area contributed by atoms with Gasteiger partial charge in [-0.1, -0.05) is 18.9 Å². The van der Waals surface area contributed by atoms with Crippen LogP contribution in [0.2, 0.25) is 0 Å². The Morgan fingerprint density at radius 3 is 2.83 bits per heavy atom. The summed E-state index contributed by atoms with van der Waals surface area (Å²) >= 11 is 0. The van der Waals surface area contributed by atoms with Crippen molar-refractivity contribution in [1.29, 1.82) is 0 Å². The van der Waals surface area contributed by atoms with Crippen LogP contribution >= 0.6 is 0 Å². The summed E-state index contributed by atoms with van der Waals surface area (Å²) in [4.78, 5) is 0. The summed E-state index contributed by atoms with van der Waals surface area (Å²) in [5.74, 6) is 5.56. The van der Waals surface area contributed by atoms with E-state index in [9.17, 15) is 5.11 Å². The van der Waals surface area contributed by atoms with Gasteiger partial charge < -0.3 is 9.84 Å². The summed E-state index contributed by atoms with van der Waals surface area (Å²) in [6.45, 7) is 2.24. The molecule has 0 saturated heterocycles. The van der Waals surface area contributed by atoms with Crippen molar-refractivity contribution in [2.75, 3.05) is 7.11 Å². The molecule has 3 aliphatic rings. The molecule has 2 fully saturated rings. The van der Waals surface area contributed by atoms with Gasteiger partial charge >= 0.3 is 0 Å². The van der Waals surface area contributed by atoms with E-state index in [2.05, 4.69) is 31.0 Å². The molecule has 1 N–H and O–H groups in total. The largest absolute Gasteiger partial charge is 0.497 e. The van der Waals surface area contributed by atoms with Crippen LogP contribution in [0.1, 0.15) is 56.1 Å². The van der Waals surface area contributed by atoms with Gasteiger partial charge in [0.15, 0.2) is 0 Å². The second-order valence-electron chi connectivity index (χ2n) is 7.98. The van der Waals surface area contributed by atoms with E-state index in [1.54, 1.807) is 7.11 Å². The second-order valence-corrected chi connectivity index (χ2v) is 7.98. The molecule has 1 aromatic carbocycles. The predicted molar refractivity (Wildman–Crippen MR) is 91.4 cm³/mol. The van der Waals surface area contributed by atoms with Gasteiger partial charge in [-0.15, -0.1) is 6.42 Å². The number of hydrogen-bond acceptors (Lipinski definition) is 2. The monoisotopic (exact) mass is 310 g/mol. The topological polar surface area (TPSA) is 29.5 Å². The van der Waals surface area contributed by atoms with Crippen LogP contribution in [0.3, 0.4) is 0 Å². The third-order valence-electron chi connectivity index (χ3n) is 7.32. The van der Waals surface area contributed by atoms with E-state index in [-0.39, 0.29) is 5.41 Å². The SMILES string of the molecule is C#C[C@]1(O)CCC2C3CCc4cc(OC)ccc4C3CC[C@@]21C. The van der Waals surface area contributed by atoms with Crippen molar-refractivity contribution >= 4 is 0 Å². The molecule has 0 aliphatic heterocycles. The molecule has 0 radical (unpaired) electrons. The lowest BCUT2D eigenvalue weighted by Crippen LogP contribution is -2.50. The fourth-order valence-electron chi connectivity index (χ4n) is 5.94. The maximum Gasteiger partial charge on any atom is 0.130 e. The van der Waals surface area contributed by atoms with Crippen molar-refractivity contribution < 1.29 is 9.84 Å². The summed E-state index contributed by atoms with van der Waals surface area (Å²) in [5.41, 5.74) is 1.97. The highest BCUT2D eigenvalue weighted by Crippen LogP contribution is 2.64.